The van der Waals surface area contributed by atoms with Crippen LogP contribution in [0.3, 0.4) is 0 Å². The summed E-state index contributed by atoms with van der Waals surface area (Å²) < 4.78 is 2.11. The number of halogens is 2. The van der Waals surface area contributed by atoms with E-state index in [-0.39, 0.29) is 0 Å². The van der Waals surface area contributed by atoms with Crippen molar-refractivity contribution in [2.24, 2.45) is 0 Å². The maximum absolute atomic E-state index is 6.22. The summed E-state index contributed by atoms with van der Waals surface area (Å²) in [7, 11) is 0. The van der Waals surface area contributed by atoms with Crippen LogP contribution in [0.2, 0.25) is 10.0 Å². The van der Waals surface area contributed by atoms with Crippen molar-refractivity contribution in [3.63, 3.8) is 0 Å². The van der Waals surface area contributed by atoms with Gasteiger partial charge in [-0.25, -0.2) is 4.57 Å². The zero-order valence-electron chi connectivity index (χ0n) is 12.0. The van der Waals surface area contributed by atoms with E-state index in [0.29, 0.717) is 10.0 Å². The number of aromatic nitrogens is 1. The Kier molecular flexibility index (Phi) is 4.77. The minimum Gasteiger partial charge on any atom is -0.201 e. The molecule has 2 aromatic carbocycles. The van der Waals surface area contributed by atoms with Crippen molar-refractivity contribution in [2.75, 3.05) is 0 Å². The number of rotatable bonds is 4. The lowest BCUT2D eigenvalue weighted by Gasteiger charge is -2.03. The van der Waals surface area contributed by atoms with Crippen molar-refractivity contribution in [1.82, 2.24) is 0 Å². The van der Waals surface area contributed by atoms with Crippen molar-refractivity contribution in [3.8, 4) is 0 Å². The Morgan fingerprint density at radius 3 is 2.14 bits per heavy atom. The van der Waals surface area contributed by atoms with Crippen LogP contribution in [0.4, 0.5) is 0 Å². The van der Waals surface area contributed by atoms with Gasteiger partial charge in [0.05, 0.1) is 5.02 Å². The lowest BCUT2D eigenvalue weighted by molar-refractivity contribution is -0.688. The van der Waals surface area contributed by atoms with E-state index in [1.54, 1.807) is 6.07 Å². The minimum atomic E-state index is 0.664. The van der Waals surface area contributed by atoms with Crippen LogP contribution in [0, 0.1) is 0 Å². The summed E-state index contributed by atoms with van der Waals surface area (Å²) >= 11 is 12.1. The standard InChI is InChI=1S/C19H16Cl2N/c20-18-7-6-17(19(21)13-18)14-22-10-8-16(9-11-22)12-15-4-2-1-3-5-15/h1-11,13H,12,14H2/q+1. The molecule has 0 radical (unpaired) electrons. The summed E-state index contributed by atoms with van der Waals surface area (Å²) in [6.07, 6.45) is 5.12. The molecular weight excluding hydrogens is 313 g/mol. The molecule has 0 bridgehead atoms. The smallest absolute Gasteiger partial charge is 0.175 e. The molecule has 0 N–H and O–H groups in total. The van der Waals surface area contributed by atoms with E-state index in [1.165, 1.54) is 11.1 Å². The number of hydrogen-bond donors (Lipinski definition) is 0. The Morgan fingerprint density at radius 1 is 0.773 bits per heavy atom. The molecule has 110 valence electrons. The van der Waals surface area contributed by atoms with Crippen LogP contribution in [-0.4, -0.2) is 0 Å². The van der Waals surface area contributed by atoms with Crippen LogP contribution in [0.1, 0.15) is 16.7 Å². The Balaban J connectivity index is 1.71. The number of nitrogens with zero attached hydrogens (tertiary/aromatic N) is 1. The summed E-state index contributed by atoms with van der Waals surface area (Å²) in [6.45, 7) is 0.738. The van der Waals surface area contributed by atoms with Gasteiger partial charge in [-0.3, -0.25) is 0 Å². The monoisotopic (exact) mass is 328 g/mol. The Labute approximate surface area is 140 Å². The Bertz CT molecular complexity index is 752. The quantitative estimate of drug-likeness (QED) is 0.598. The molecule has 22 heavy (non-hydrogen) atoms. The van der Waals surface area contributed by atoms with Gasteiger partial charge < -0.3 is 0 Å². The molecule has 0 fully saturated rings. The first-order valence-corrected chi connectivity index (χ1v) is 7.92. The second kappa shape index (κ2) is 6.95. The SMILES string of the molecule is Clc1ccc(C[n+]2ccc(Cc3ccccc3)cc2)c(Cl)c1. The normalized spacial score (nSPS) is 10.6. The molecular formula is C19H16Cl2N+. The molecule has 0 aliphatic rings. The zero-order chi connectivity index (χ0) is 15.4. The molecule has 1 aromatic heterocycles. The van der Waals surface area contributed by atoms with Gasteiger partial charge in [-0.05, 0) is 35.7 Å². The van der Waals surface area contributed by atoms with Crippen LogP contribution in [0.25, 0.3) is 0 Å². The largest absolute Gasteiger partial charge is 0.201 e. The van der Waals surface area contributed by atoms with Gasteiger partial charge in [-0.2, -0.15) is 0 Å². The van der Waals surface area contributed by atoms with Crippen LogP contribution >= 0.6 is 23.2 Å². The molecule has 1 nitrogen and oxygen atoms in total. The fourth-order valence-corrected chi connectivity index (χ4v) is 2.86. The molecule has 0 unspecified atom stereocenters. The number of pyridine rings is 1. The predicted molar refractivity (Wildman–Crippen MR) is 91.4 cm³/mol. The molecule has 0 saturated heterocycles. The van der Waals surface area contributed by atoms with E-state index >= 15 is 0 Å². The van der Waals surface area contributed by atoms with Crippen molar-refractivity contribution in [1.29, 1.82) is 0 Å². The average Bonchev–Trinajstić information content (AvgIpc) is 2.53. The number of hydrogen-bond acceptors (Lipinski definition) is 0. The van der Waals surface area contributed by atoms with Gasteiger partial charge in [0.2, 0.25) is 0 Å². The molecule has 3 aromatic rings. The molecule has 0 amide bonds. The van der Waals surface area contributed by atoms with E-state index < -0.39 is 0 Å². The molecule has 0 spiro atoms. The average molecular weight is 329 g/mol. The molecule has 1 heterocycles. The number of benzene rings is 2. The third kappa shape index (κ3) is 3.88. The van der Waals surface area contributed by atoms with E-state index in [1.807, 2.05) is 18.2 Å². The third-order valence-electron chi connectivity index (χ3n) is 3.58. The van der Waals surface area contributed by atoms with E-state index in [2.05, 4.69) is 53.4 Å². The summed E-state index contributed by atoms with van der Waals surface area (Å²) in [5.41, 5.74) is 3.68. The topological polar surface area (TPSA) is 3.88 Å². The predicted octanol–water partition coefficient (Wildman–Crippen LogP) is 4.92. The van der Waals surface area contributed by atoms with Gasteiger partial charge in [-0.15, -0.1) is 0 Å². The first-order chi connectivity index (χ1) is 10.7. The highest BCUT2D eigenvalue weighted by Gasteiger charge is 2.07. The van der Waals surface area contributed by atoms with E-state index in [0.717, 1.165) is 18.5 Å². The van der Waals surface area contributed by atoms with Gasteiger partial charge in [0.15, 0.2) is 18.9 Å². The first-order valence-electron chi connectivity index (χ1n) is 7.16. The lowest BCUT2D eigenvalue weighted by Crippen LogP contribution is -2.33. The summed E-state index contributed by atoms with van der Waals surface area (Å²) in [5.74, 6) is 0. The summed E-state index contributed by atoms with van der Waals surface area (Å²) in [6, 6.07) is 20.4. The lowest BCUT2D eigenvalue weighted by atomic mass is 10.1. The fourth-order valence-electron chi connectivity index (χ4n) is 2.39. The molecule has 0 aliphatic heterocycles. The molecule has 3 rings (SSSR count). The highest BCUT2D eigenvalue weighted by atomic mass is 35.5. The fraction of sp³-hybridized carbons (Fsp3) is 0.105. The van der Waals surface area contributed by atoms with E-state index in [9.17, 15) is 0 Å². The van der Waals surface area contributed by atoms with Gasteiger partial charge in [0.1, 0.15) is 0 Å². The summed E-state index contributed by atoms with van der Waals surface area (Å²) in [4.78, 5) is 0. The van der Waals surface area contributed by atoms with Gasteiger partial charge >= 0.3 is 0 Å². The Hall–Kier alpha value is -1.83. The van der Waals surface area contributed by atoms with Crippen molar-refractivity contribution in [2.45, 2.75) is 13.0 Å². The summed E-state index contributed by atoms with van der Waals surface area (Å²) in [5, 5.41) is 1.37. The van der Waals surface area contributed by atoms with Crippen LogP contribution in [-0.2, 0) is 13.0 Å². The second-order valence-corrected chi connectivity index (χ2v) is 6.12. The zero-order valence-corrected chi connectivity index (χ0v) is 13.6. The highest BCUT2D eigenvalue weighted by Crippen LogP contribution is 2.20. The Morgan fingerprint density at radius 2 is 1.45 bits per heavy atom. The first kappa shape index (κ1) is 15.1. The van der Waals surface area contributed by atoms with E-state index in [4.69, 9.17) is 23.2 Å². The van der Waals surface area contributed by atoms with Crippen LogP contribution < -0.4 is 4.57 Å². The molecule has 3 heteroatoms. The molecule has 0 saturated carbocycles. The van der Waals surface area contributed by atoms with Crippen molar-refractivity contribution in [3.05, 3.63) is 99.8 Å². The highest BCUT2D eigenvalue weighted by molar-refractivity contribution is 6.35. The maximum Gasteiger partial charge on any atom is 0.175 e. The second-order valence-electron chi connectivity index (χ2n) is 5.28. The van der Waals surface area contributed by atoms with Crippen LogP contribution in [0.15, 0.2) is 73.1 Å². The van der Waals surface area contributed by atoms with Gasteiger partial charge in [-0.1, -0.05) is 53.5 Å². The molecule has 0 atom stereocenters. The molecule has 0 aliphatic carbocycles. The van der Waals surface area contributed by atoms with Gasteiger partial charge in [0, 0.05) is 22.7 Å². The third-order valence-corrected chi connectivity index (χ3v) is 4.17. The maximum atomic E-state index is 6.22. The van der Waals surface area contributed by atoms with Crippen molar-refractivity contribution < 1.29 is 4.57 Å². The van der Waals surface area contributed by atoms with Crippen molar-refractivity contribution >= 4 is 23.2 Å². The van der Waals surface area contributed by atoms with Crippen LogP contribution in [0.5, 0.6) is 0 Å². The van der Waals surface area contributed by atoms with Gasteiger partial charge in [0.25, 0.3) is 0 Å². The minimum absolute atomic E-state index is 0.664.